The Morgan fingerprint density at radius 2 is 1.67 bits per heavy atom. The predicted octanol–water partition coefficient (Wildman–Crippen LogP) is 3.47. The van der Waals surface area contributed by atoms with Crippen molar-refractivity contribution in [3.05, 3.63) is 34.9 Å². The molecule has 1 aromatic carbocycles. The van der Waals surface area contributed by atoms with E-state index in [2.05, 4.69) is 23.3 Å². The average Bonchev–Trinajstić information content (AvgIpc) is 2.74. The molecule has 0 heterocycles. The molecule has 0 bridgehead atoms. The van der Waals surface area contributed by atoms with Crippen molar-refractivity contribution in [2.45, 2.75) is 85.5 Å². The molecular formula is C26H41N3O6S. The van der Waals surface area contributed by atoms with Gasteiger partial charge < -0.3 is 25.0 Å². The number of esters is 1. The first-order valence-corrected chi connectivity index (χ1v) is 12.8. The fraction of sp³-hybridized carbons (Fsp3) is 0.615. The smallest absolute Gasteiger partial charge is 0.408 e. The Bertz CT molecular complexity index is 908. The highest BCUT2D eigenvalue weighted by Gasteiger charge is 2.38. The van der Waals surface area contributed by atoms with Crippen LogP contribution in [0.5, 0.6) is 0 Å². The van der Waals surface area contributed by atoms with Crippen LogP contribution in [0.3, 0.4) is 0 Å². The van der Waals surface area contributed by atoms with Gasteiger partial charge in [-0.3, -0.25) is 14.4 Å². The second-order valence-corrected chi connectivity index (χ2v) is 10.1. The first-order valence-electron chi connectivity index (χ1n) is 12.1. The molecule has 0 fully saturated rings. The number of alkyl carbamates (subject to hydrolysis) is 1. The van der Waals surface area contributed by atoms with Crippen molar-refractivity contribution >= 4 is 36.5 Å². The number of hydrogen-bond acceptors (Lipinski definition) is 7. The number of ether oxygens (including phenoxy) is 2. The lowest BCUT2D eigenvalue weighted by Crippen LogP contribution is -2.56. The highest BCUT2D eigenvalue weighted by molar-refractivity contribution is 7.80. The Hall–Kier alpha value is -2.75. The van der Waals surface area contributed by atoms with Gasteiger partial charge in [0.15, 0.2) is 0 Å². The third kappa shape index (κ3) is 9.37. The number of aryl methyl sites for hydroxylation is 2. The van der Waals surface area contributed by atoms with E-state index in [4.69, 9.17) is 9.47 Å². The number of amides is 3. The first-order chi connectivity index (χ1) is 16.7. The second-order valence-electron chi connectivity index (χ2n) is 9.77. The molecule has 0 radical (unpaired) electrons. The van der Waals surface area contributed by atoms with E-state index in [9.17, 15) is 19.2 Å². The maximum absolute atomic E-state index is 13.8. The average molecular weight is 524 g/mol. The summed E-state index contributed by atoms with van der Waals surface area (Å²) in [5.74, 6) is -1.33. The van der Waals surface area contributed by atoms with Crippen molar-refractivity contribution in [1.29, 1.82) is 0 Å². The minimum Gasteiger partial charge on any atom is -0.466 e. The number of hydrogen-bond donors (Lipinski definition) is 3. The molecule has 202 valence electrons. The summed E-state index contributed by atoms with van der Waals surface area (Å²) in [5.41, 5.74) is 1.61. The van der Waals surface area contributed by atoms with E-state index >= 15 is 0 Å². The van der Waals surface area contributed by atoms with Crippen LogP contribution in [0.1, 0.15) is 70.7 Å². The van der Waals surface area contributed by atoms with E-state index in [1.54, 1.807) is 41.5 Å². The van der Waals surface area contributed by atoms with Crippen LogP contribution in [0.2, 0.25) is 0 Å². The van der Waals surface area contributed by atoms with Gasteiger partial charge in [0.25, 0.3) is 0 Å². The molecule has 36 heavy (non-hydrogen) atoms. The SMILES string of the molecule is CCOC(=O)CCNC(=O)C(c1c(C)cccc1C)N(C(=O)C(CS)NC(=O)OC(C)(C)C)C(C)C. The lowest BCUT2D eigenvalue weighted by atomic mass is 9.93. The monoisotopic (exact) mass is 523 g/mol. The maximum atomic E-state index is 13.8. The minimum absolute atomic E-state index is 0.00521. The van der Waals surface area contributed by atoms with Gasteiger partial charge in [-0.15, -0.1) is 0 Å². The normalized spacial score (nSPS) is 12.9. The van der Waals surface area contributed by atoms with Crippen molar-refractivity contribution < 1.29 is 28.7 Å². The van der Waals surface area contributed by atoms with Crippen molar-refractivity contribution in [3.63, 3.8) is 0 Å². The zero-order chi connectivity index (χ0) is 27.6. The molecule has 1 rings (SSSR count). The standard InChI is InChI=1S/C26H41N3O6S/c1-9-34-20(30)13-14-27-23(31)22(21-17(4)11-10-12-18(21)5)29(16(2)3)24(32)19(15-36)28-25(33)35-26(6,7)8/h10-12,16,19,22,36H,9,13-15H2,1-8H3,(H,27,31)(H,28,33). The van der Waals surface area contributed by atoms with Gasteiger partial charge in [0, 0.05) is 18.3 Å². The summed E-state index contributed by atoms with van der Waals surface area (Å²) in [7, 11) is 0. The molecule has 9 nitrogen and oxygen atoms in total. The summed E-state index contributed by atoms with van der Waals surface area (Å²) in [4.78, 5) is 53.0. The van der Waals surface area contributed by atoms with Gasteiger partial charge in [-0.2, -0.15) is 12.6 Å². The fourth-order valence-corrected chi connectivity index (χ4v) is 4.02. The van der Waals surface area contributed by atoms with Crippen LogP contribution in [-0.2, 0) is 23.9 Å². The zero-order valence-electron chi connectivity index (χ0n) is 22.6. The molecule has 2 N–H and O–H groups in total. The molecule has 0 spiro atoms. The zero-order valence-corrected chi connectivity index (χ0v) is 23.5. The summed E-state index contributed by atoms with van der Waals surface area (Å²) in [6.07, 6.45) is -0.741. The summed E-state index contributed by atoms with van der Waals surface area (Å²) < 4.78 is 10.2. The van der Waals surface area contributed by atoms with Gasteiger partial charge >= 0.3 is 12.1 Å². The largest absolute Gasteiger partial charge is 0.466 e. The van der Waals surface area contributed by atoms with Crippen molar-refractivity contribution in [2.24, 2.45) is 0 Å². The Morgan fingerprint density at radius 1 is 1.08 bits per heavy atom. The highest BCUT2D eigenvalue weighted by Crippen LogP contribution is 2.30. The summed E-state index contributed by atoms with van der Waals surface area (Å²) in [5, 5.41) is 5.36. The molecule has 2 unspecified atom stereocenters. The second kappa shape index (κ2) is 14.1. The van der Waals surface area contributed by atoms with E-state index in [0.29, 0.717) is 5.56 Å². The number of nitrogens with zero attached hydrogens (tertiary/aromatic N) is 1. The van der Waals surface area contributed by atoms with Crippen LogP contribution in [0.4, 0.5) is 4.79 Å². The lowest BCUT2D eigenvalue weighted by Gasteiger charge is -2.38. The van der Waals surface area contributed by atoms with Gasteiger partial charge in [0.05, 0.1) is 13.0 Å². The molecule has 0 aliphatic carbocycles. The van der Waals surface area contributed by atoms with Crippen molar-refractivity contribution in [1.82, 2.24) is 15.5 Å². The fourth-order valence-electron chi connectivity index (χ4n) is 3.77. The molecule has 0 aliphatic heterocycles. The van der Waals surface area contributed by atoms with Crippen LogP contribution in [0, 0.1) is 13.8 Å². The number of nitrogens with one attached hydrogen (secondary N) is 2. The van der Waals surface area contributed by atoms with Gasteiger partial charge in [-0.1, -0.05) is 18.2 Å². The highest BCUT2D eigenvalue weighted by atomic mass is 32.1. The molecule has 0 aliphatic rings. The Labute approximate surface area is 220 Å². The van der Waals surface area contributed by atoms with E-state index < -0.39 is 47.6 Å². The third-order valence-corrected chi connectivity index (χ3v) is 5.62. The molecule has 0 saturated carbocycles. The number of thiol groups is 1. The van der Waals surface area contributed by atoms with E-state index in [1.807, 2.05) is 32.0 Å². The molecule has 0 aromatic heterocycles. The summed E-state index contributed by atoms with van der Waals surface area (Å²) in [6, 6.07) is 3.21. The third-order valence-electron chi connectivity index (χ3n) is 5.26. The molecule has 0 saturated heterocycles. The minimum atomic E-state index is -1.02. The summed E-state index contributed by atoms with van der Waals surface area (Å²) in [6.45, 7) is 14.5. The predicted molar refractivity (Wildman–Crippen MR) is 142 cm³/mol. The van der Waals surface area contributed by atoms with Crippen LogP contribution in [-0.4, -0.2) is 65.4 Å². The van der Waals surface area contributed by atoms with Crippen molar-refractivity contribution in [2.75, 3.05) is 18.9 Å². The Balaban J connectivity index is 3.38. The number of carbonyl (C=O) groups is 4. The molecule has 3 amide bonds. The van der Waals surface area contributed by atoms with Gasteiger partial charge in [0.1, 0.15) is 17.7 Å². The molecule has 1 aromatic rings. The molecular weight excluding hydrogens is 482 g/mol. The van der Waals surface area contributed by atoms with Crippen molar-refractivity contribution in [3.8, 4) is 0 Å². The van der Waals surface area contributed by atoms with E-state index in [0.717, 1.165) is 11.1 Å². The molecule has 2 atom stereocenters. The maximum Gasteiger partial charge on any atom is 0.408 e. The quantitative estimate of drug-likeness (QED) is 0.302. The van der Waals surface area contributed by atoms with Gasteiger partial charge in [0.2, 0.25) is 11.8 Å². The van der Waals surface area contributed by atoms with E-state index in [-0.39, 0.29) is 25.3 Å². The topological polar surface area (TPSA) is 114 Å². The Morgan fingerprint density at radius 3 is 2.14 bits per heavy atom. The number of benzene rings is 1. The van der Waals surface area contributed by atoms with E-state index in [1.165, 1.54) is 4.90 Å². The van der Waals surface area contributed by atoms with Crippen LogP contribution in [0.25, 0.3) is 0 Å². The molecule has 10 heteroatoms. The number of rotatable bonds is 11. The lowest BCUT2D eigenvalue weighted by molar-refractivity contribution is -0.145. The first kappa shape index (κ1) is 31.3. The van der Waals surface area contributed by atoms with Crippen LogP contribution < -0.4 is 10.6 Å². The number of carbonyl (C=O) groups excluding carboxylic acids is 4. The van der Waals surface area contributed by atoms with Crippen LogP contribution in [0.15, 0.2) is 18.2 Å². The van der Waals surface area contributed by atoms with Gasteiger partial charge in [-0.25, -0.2) is 4.79 Å². The Kier molecular flexibility index (Phi) is 12.3. The summed E-state index contributed by atoms with van der Waals surface area (Å²) >= 11 is 4.28. The van der Waals surface area contributed by atoms with Crippen LogP contribution >= 0.6 is 12.6 Å². The van der Waals surface area contributed by atoms with Gasteiger partial charge in [-0.05, 0) is 72.1 Å².